The first-order valence-electron chi connectivity index (χ1n) is 8.17. The number of aromatic nitrogens is 1. The molecule has 0 spiro atoms. The van der Waals surface area contributed by atoms with Crippen molar-refractivity contribution in [2.75, 3.05) is 13.6 Å². The molecule has 1 unspecified atom stereocenters. The molecule has 24 heavy (non-hydrogen) atoms. The molecule has 5 nitrogen and oxygen atoms in total. The van der Waals surface area contributed by atoms with Crippen molar-refractivity contribution in [3.8, 4) is 11.3 Å². The third-order valence-electron chi connectivity index (χ3n) is 4.27. The summed E-state index contributed by atoms with van der Waals surface area (Å²) in [4.78, 5) is 18.4. The number of oxazole rings is 1. The van der Waals surface area contributed by atoms with Crippen LogP contribution in [0, 0.1) is 6.92 Å². The predicted octanol–water partition coefficient (Wildman–Crippen LogP) is 3.57. The lowest BCUT2D eigenvalue weighted by atomic mass is 10.1. The van der Waals surface area contributed by atoms with Gasteiger partial charge in [-0.3, -0.25) is 9.69 Å². The fourth-order valence-corrected chi connectivity index (χ4v) is 2.64. The number of nitrogens with zero attached hydrogens (tertiary/aromatic N) is 2. The largest absolute Gasteiger partial charge is 0.439 e. The van der Waals surface area contributed by atoms with E-state index in [1.54, 1.807) is 0 Å². The summed E-state index contributed by atoms with van der Waals surface area (Å²) in [7, 11) is 1.90. The van der Waals surface area contributed by atoms with Crippen molar-refractivity contribution in [3.05, 3.63) is 40.9 Å². The Labute approximate surface area is 147 Å². The Morgan fingerprint density at radius 2 is 2.08 bits per heavy atom. The van der Waals surface area contributed by atoms with Crippen LogP contribution in [-0.4, -0.2) is 35.4 Å². The van der Waals surface area contributed by atoms with Crippen molar-refractivity contribution in [1.82, 2.24) is 15.2 Å². The average molecular weight is 348 g/mol. The first-order chi connectivity index (χ1) is 11.4. The van der Waals surface area contributed by atoms with Crippen LogP contribution in [0.15, 0.2) is 28.7 Å². The highest BCUT2D eigenvalue weighted by molar-refractivity contribution is 6.30. The summed E-state index contributed by atoms with van der Waals surface area (Å²) in [6.45, 7) is 4.24. The molecule has 1 N–H and O–H groups in total. The van der Waals surface area contributed by atoms with Gasteiger partial charge in [-0.1, -0.05) is 11.6 Å². The van der Waals surface area contributed by atoms with Crippen molar-refractivity contribution < 1.29 is 9.21 Å². The van der Waals surface area contributed by atoms with Crippen molar-refractivity contribution >= 4 is 17.5 Å². The summed E-state index contributed by atoms with van der Waals surface area (Å²) in [6, 6.07) is 7.78. The van der Waals surface area contributed by atoms with E-state index in [9.17, 15) is 4.79 Å². The second kappa shape index (κ2) is 6.95. The van der Waals surface area contributed by atoms with Crippen molar-refractivity contribution in [3.63, 3.8) is 0 Å². The van der Waals surface area contributed by atoms with E-state index < -0.39 is 0 Å². The molecule has 0 aliphatic heterocycles. The Morgan fingerprint density at radius 3 is 2.71 bits per heavy atom. The number of carbonyl (C=O) groups is 1. The molecule has 2 aromatic rings. The van der Waals surface area contributed by atoms with Crippen LogP contribution in [0.5, 0.6) is 0 Å². The first kappa shape index (κ1) is 17.0. The third-order valence-corrected chi connectivity index (χ3v) is 4.53. The summed E-state index contributed by atoms with van der Waals surface area (Å²) in [5.74, 6) is 1.40. The molecule has 0 radical (unpaired) electrons. The van der Waals surface area contributed by atoms with E-state index >= 15 is 0 Å². The van der Waals surface area contributed by atoms with E-state index in [-0.39, 0.29) is 11.9 Å². The molecule has 1 atom stereocenters. The van der Waals surface area contributed by atoms with E-state index in [4.69, 9.17) is 16.0 Å². The third kappa shape index (κ3) is 3.97. The minimum absolute atomic E-state index is 0.0491. The van der Waals surface area contributed by atoms with Crippen LogP contribution >= 0.6 is 11.6 Å². The monoisotopic (exact) mass is 347 g/mol. The van der Waals surface area contributed by atoms with Gasteiger partial charge in [0.05, 0.1) is 18.3 Å². The number of halogens is 1. The van der Waals surface area contributed by atoms with Gasteiger partial charge in [-0.2, -0.15) is 0 Å². The van der Waals surface area contributed by atoms with Crippen LogP contribution in [-0.2, 0) is 4.79 Å². The van der Waals surface area contributed by atoms with Gasteiger partial charge in [0.2, 0.25) is 11.8 Å². The maximum atomic E-state index is 11.9. The second-order valence-electron chi connectivity index (χ2n) is 6.41. The maximum absolute atomic E-state index is 11.9. The zero-order valence-corrected chi connectivity index (χ0v) is 14.9. The number of rotatable bonds is 6. The molecule has 1 aliphatic rings. The number of aryl methyl sites for hydroxylation is 1. The lowest BCUT2D eigenvalue weighted by Crippen LogP contribution is -2.37. The van der Waals surface area contributed by atoms with Gasteiger partial charge in [0.25, 0.3) is 0 Å². The quantitative estimate of drug-likeness (QED) is 0.867. The highest BCUT2D eigenvalue weighted by Gasteiger charge is 2.26. The number of likely N-dealkylation sites (N-methyl/N-ethyl adjacent to an activating group) is 1. The minimum atomic E-state index is -0.0882. The Hall–Kier alpha value is -1.85. The smallest absolute Gasteiger partial charge is 0.234 e. The van der Waals surface area contributed by atoms with Crippen molar-refractivity contribution in [2.45, 2.75) is 38.8 Å². The zero-order chi connectivity index (χ0) is 17.3. The number of hydrogen-bond acceptors (Lipinski definition) is 4. The van der Waals surface area contributed by atoms with E-state index in [1.165, 1.54) is 0 Å². The number of carbonyl (C=O) groups excluding carboxylic acids is 1. The highest BCUT2D eigenvalue weighted by atomic mass is 35.5. The Morgan fingerprint density at radius 1 is 1.42 bits per heavy atom. The van der Waals surface area contributed by atoms with Crippen LogP contribution in [0.4, 0.5) is 0 Å². The molecule has 1 fully saturated rings. The lowest BCUT2D eigenvalue weighted by Gasteiger charge is -2.21. The van der Waals surface area contributed by atoms with Gasteiger partial charge in [0.1, 0.15) is 0 Å². The summed E-state index contributed by atoms with van der Waals surface area (Å²) < 4.78 is 5.97. The number of amides is 1. The molecule has 128 valence electrons. The summed E-state index contributed by atoms with van der Waals surface area (Å²) in [5.41, 5.74) is 1.77. The normalized spacial score (nSPS) is 15.5. The summed E-state index contributed by atoms with van der Waals surface area (Å²) >= 11 is 5.93. The van der Waals surface area contributed by atoms with Crippen LogP contribution in [0.1, 0.15) is 37.4 Å². The first-order valence-corrected chi connectivity index (χ1v) is 8.54. The lowest BCUT2D eigenvalue weighted by molar-refractivity contribution is -0.122. The van der Waals surface area contributed by atoms with Crippen molar-refractivity contribution in [2.24, 2.45) is 0 Å². The Bertz CT molecular complexity index is 722. The second-order valence-corrected chi connectivity index (χ2v) is 6.84. The number of hydrogen-bond donors (Lipinski definition) is 1. The molecule has 1 aliphatic carbocycles. The molecule has 1 heterocycles. The van der Waals surface area contributed by atoms with E-state index in [0.29, 0.717) is 23.5 Å². The molecule has 1 aromatic heterocycles. The molecular weight excluding hydrogens is 326 g/mol. The van der Waals surface area contributed by atoms with Gasteiger partial charge in [0, 0.05) is 16.6 Å². The Kier molecular flexibility index (Phi) is 4.92. The minimum Gasteiger partial charge on any atom is -0.439 e. The summed E-state index contributed by atoms with van der Waals surface area (Å²) in [5, 5.41) is 3.68. The fraction of sp³-hybridized carbons (Fsp3) is 0.444. The fourth-order valence-electron chi connectivity index (χ4n) is 2.52. The molecule has 0 saturated heterocycles. The van der Waals surface area contributed by atoms with Gasteiger partial charge in [-0.05, 0) is 58.0 Å². The zero-order valence-electron chi connectivity index (χ0n) is 14.2. The van der Waals surface area contributed by atoms with Crippen LogP contribution in [0.25, 0.3) is 11.3 Å². The number of benzene rings is 1. The maximum Gasteiger partial charge on any atom is 0.234 e. The van der Waals surface area contributed by atoms with Crippen LogP contribution < -0.4 is 5.32 Å². The van der Waals surface area contributed by atoms with Gasteiger partial charge >= 0.3 is 0 Å². The van der Waals surface area contributed by atoms with E-state index in [1.807, 2.05) is 50.1 Å². The number of nitrogens with one attached hydrogen (secondary N) is 1. The molecule has 0 bridgehead atoms. The molecule has 6 heteroatoms. The topological polar surface area (TPSA) is 58.4 Å². The van der Waals surface area contributed by atoms with Crippen molar-refractivity contribution in [1.29, 1.82) is 0 Å². The van der Waals surface area contributed by atoms with Gasteiger partial charge in [0.15, 0.2) is 5.76 Å². The van der Waals surface area contributed by atoms with Gasteiger partial charge in [-0.25, -0.2) is 4.98 Å². The average Bonchev–Trinajstić information content (AvgIpc) is 3.27. The van der Waals surface area contributed by atoms with Crippen LogP contribution in [0.3, 0.4) is 0 Å². The Balaban J connectivity index is 1.70. The highest BCUT2D eigenvalue weighted by Crippen LogP contribution is 2.29. The SMILES string of the molecule is Cc1nc(C(C)N(C)CC(=O)NC2CC2)oc1-c1ccc(Cl)cc1. The molecule has 1 aromatic carbocycles. The van der Waals surface area contributed by atoms with Crippen LogP contribution in [0.2, 0.25) is 5.02 Å². The summed E-state index contributed by atoms with van der Waals surface area (Å²) in [6.07, 6.45) is 2.18. The van der Waals surface area contributed by atoms with Gasteiger partial charge < -0.3 is 9.73 Å². The molecule has 1 amide bonds. The van der Waals surface area contributed by atoms with E-state index in [2.05, 4.69) is 10.3 Å². The standard InChI is InChI=1S/C18H22ClN3O2/c1-11-17(13-4-6-14(19)7-5-13)24-18(20-11)12(2)22(3)10-16(23)21-15-8-9-15/h4-7,12,15H,8-10H2,1-3H3,(H,21,23). The predicted molar refractivity (Wildman–Crippen MR) is 93.9 cm³/mol. The molecular formula is C18H22ClN3O2. The van der Waals surface area contributed by atoms with Gasteiger partial charge in [-0.15, -0.1) is 0 Å². The van der Waals surface area contributed by atoms with E-state index in [0.717, 1.165) is 29.9 Å². The molecule has 1 saturated carbocycles. The molecule has 3 rings (SSSR count).